The largest absolute Gasteiger partial charge is 0.388 e. The van der Waals surface area contributed by atoms with Gasteiger partial charge in [-0.05, 0) is 6.42 Å². The van der Waals surface area contributed by atoms with Crippen molar-refractivity contribution in [2.24, 2.45) is 0 Å². The molecule has 2 N–H and O–H groups in total. The van der Waals surface area contributed by atoms with Gasteiger partial charge in [0.05, 0.1) is 26.4 Å². The second kappa shape index (κ2) is 12.5. The molecule has 6 nitrogen and oxygen atoms in total. The molecule has 36 heteroatoms. The van der Waals surface area contributed by atoms with E-state index in [0.717, 1.165) is 0 Å². The van der Waals surface area contributed by atoms with Gasteiger partial charge in [-0.15, -0.1) is 0 Å². The Morgan fingerprint density at radius 3 is 0.615 bits per heavy atom. The second-order valence-corrected chi connectivity index (χ2v) is 15.6. The van der Waals surface area contributed by atoms with Crippen LogP contribution in [0.2, 0.25) is 0 Å². The molecule has 8 rings (SSSR count). The third kappa shape index (κ3) is 3.95. The van der Waals surface area contributed by atoms with Crippen molar-refractivity contribution in [3.63, 3.8) is 0 Å². The van der Waals surface area contributed by atoms with Gasteiger partial charge in [0.1, 0.15) is 12.2 Å². The fourth-order valence-corrected chi connectivity index (χ4v) is 9.24. The summed E-state index contributed by atoms with van der Waals surface area (Å²) in [5.74, 6) is -95.9. The van der Waals surface area contributed by atoms with Crippen molar-refractivity contribution >= 4 is 0 Å². The molecule has 0 saturated heterocycles. The molecule has 0 aromatic heterocycles. The lowest BCUT2D eigenvalue weighted by Gasteiger charge is -2.74. The molecular weight excluding hydrogens is 1010 g/mol. The van der Waals surface area contributed by atoms with Gasteiger partial charge < -0.3 is 29.2 Å². The van der Waals surface area contributed by atoms with Crippen LogP contribution in [0.15, 0.2) is 0 Å². The smallest absolute Gasteiger partial charge is 0.339 e. The summed E-state index contributed by atoms with van der Waals surface area (Å²) in [5, 5.41) is 19.5. The second-order valence-electron chi connectivity index (χ2n) is 15.6. The Kier molecular flexibility index (Phi) is 10.0. The van der Waals surface area contributed by atoms with Crippen LogP contribution < -0.4 is 0 Å². The van der Waals surface area contributed by atoms with Crippen LogP contribution >= 0.6 is 0 Å². The minimum absolute atomic E-state index is 0.825. The topological polar surface area (TPSA) is 77.4 Å². The van der Waals surface area contributed by atoms with Crippen LogP contribution in [-0.4, -0.2) is 178 Å². The predicted molar refractivity (Wildman–Crippen MR) is 138 cm³/mol. The van der Waals surface area contributed by atoms with Crippen molar-refractivity contribution in [3.8, 4) is 0 Å². The highest BCUT2D eigenvalue weighted by molar-refractivity contribution is 5.56. The average molecular weight is 1030 g/mol. The third-order valence-electron chi connectivity index (χ3n) is 12.6. The molecular formula is C29H18F30O6. The molecule has 0 aliphatic heterocycles. The summed E-state index contributed by atoms with van der Waals surface area (Å²) >= 11 is 0. The molecule has 0 aromatic rings. The first-order valence-corrected chi connectivity index (χ1v) is 17.0. The van der Waals surface area contributed by atoms with Crippen molar-refractivity contribution in [1.82, 2.24) is 0 Å². The fourth-order valence-electron chi connectivity index (χ4n) is 9.24. The zero-order valence-corrected chi connectivity index (χ0v) is 30.0. The van der Waals surface area contributed by atoms with E-state index in [4.69, 9.17) is 0 Å². The molecule has 2 unspecified atom stereocenters. The van der Waals surface area contributed by atoms with E-state index in [1.165, 1.54) is 0 Å². The quantitative estimate of drug-likeness (QED) is 0.138. The minimum atomic E-state index is -8.13. The number of hydrogen-bond donors (Lipinski definition) is 2. The standard InChI is InChI=1S/C29H18F30O6/c30-10-18(38,39)11(31)22(46,47)14(34,20(10,42)43)28(58,15(35,21(10,44)45)23(11,48)49)64-6-8(60)4-62-2-1-3-63-5-9(61)7-65-29(59)16(36)24(50,51)12(32)19(40,41)13(33,26(16,54)55)27(56,57)17(29,37)25(12,52)53/h8-9,60-61H,1-7H2. The number of aliphatic hydroxyl groups is 2. The van der Waals surface area contributed by atoms with Gasteiger partial charge in [0.2, 0.25) is 0 Å². The molecule has 8 aliphatic carbocycles. The van der Waals surface area contributed by atoms with Gasteiger partial charge in [0, 0.05) is 13.2 Å². The van der Waals surface area contributed by atoms with Crippen LogP contribution in [0.5, 0.6) is 0 Å². The maximum Gasteiger partial charge on any atom is 0.339 e. The highest BCUT2D eigenvalue weighted by atomic mass is 19.4. The zero-order valence-electron chi connectivity index (χ0n) is 30.0. The number of hydrogen-bond acceptors (Lipinski definition) is 6. The molecule has 0 heterocycles. The maximum absolute atomic E-state index is 15.7. The minimum Gasteiger partial charge on any atom is -0.388 e. The highest BCUT2D eigenvalue weighted by Gasteiger charge is 3.25. The normalized spacial score (nSPS) is 49.5. The Labute approximate surface area is 336 Å². The Hall–Kier alpha value is -2.34. The third-order valence-corrected chi connectivity index (χ3v) is 12.6. The first-order chi connectivity index (χ1) is 28.5. The fraction of sp³-hybridized carbons (Fsp3) is 1.00. The molecule has 0 aromatic carbocycles. The Balaban J connectivity index is 1.08. The molecule has 8 aliphatic rings. The summed E-state index contributed by atoms with van der Waals surface area (Å²) in [6, 6.07) is 0. The SMILES string of the molecule is OC(COCCCOCC(O)COC1(F)C2(F)C(F)(F)C3(F)C(F)(F)C(F)(C2(F)F)C(F)(F)C1(F)C3(F)F)COC1(F)C2(F)C(F)(F)C3(F)C(F)(F)C(F)(C2(F)F)C(F)(F)C1(F)C3(F)F. The van der Waals surface area contributed by atoms with E-state index in [1.54, 1.807) is 0 Å². The Bertz CT molecular complexity index is 1660. The predicted octanol–water partition coefficient (Wildman–Crippen LogP) is 7.60. The van der Waals surface area contributed by atoms with Gasteiger partial charge in [-0.25, -0.2) is 43.9 Å². The average Bonchev–Trinajstić information content (AvgIpc) is 3.17. The van der Waals surface area contributed by atoms with Gasteiger partial charge in [-0.2, -0.15) is 87.8 Å². The number of halogens is 30. The summed E-state index contributed by atoms with van der Waals surface area (Å²) < 4.78 is 462. The van der Waals surface area contributed by atoms with Crippen LogP contribution in [0.4, 0.5) is 132 Å². The highest BCUT2D eigenvalue weighted by Crippen LogP contribution is 2.91. The van der Waals surface area contributed by atoms with E-state index in [-0.39, 0.29) is 0 Å². The number of rotatable bonds is 14. The molecule has 380 valence electrons. The lowest BCUT2D eigenvalue weighted by atomic mass is 9.40. The van der Waals surface area contributed by atoms with Crippen molar-refractivity contribution < 1.29 is 161 Å². The molecule has 8 fully saturated rings. The summed E-state index contributed by atoms with van der Waals surface area (Å²) in [6.07, 6.45) is -6.91. The van der Waals surface area contributed by atoms with E-state index in [1.807, 2.05) is 0 Å². The molecule has 0 radical (unpaired) electrons. The molecule has 8 saturated carbocycles. The number of aliphatic hydroxyl groups excluding tert-OH is 2. The van der Waals surface area contributed by atoms with Gasteiger partial charge in [0.15, 0.2) is 0 Å². The number of ether oxygens (including phenoxy) is 4. The summed E-state index contributed by atoms with van der Waals surface area (Å²) in [6.45, 7) is -11.0. The van der Waals surface area contributed by atoms with E-state index in [2.05, 4.69) is 18.9 Å². The molecule has 8 bridgehead atoms. The van der Waals surface area contributed by atoms with E-state index in [0.29, 0.717) is 0 Å². The first-order valence-electron chi connectivity index (χ1n) is 17.0. The summed E-state index contributed by atoms with van der Waals surface area (Å²) in [4.78, 5) is 0. The molecule has 2 atom stereocenters. The van der Waals surface area contributed by atoms with Crippen LogP contribution in [0.25, 0.3) is 0 Å². The summed E-state index contributed by atoms with van der Waals surface area (Å²) in [5.41, 5.74) is -63.6. The lowest BCUT2D eigenvalue weighted by molar-refractivity contribution is -0.618. The van der Waals surface area contributed by atoms with Crippen LogP contribution in [0, 0.1) is 0 Å². The summed E-state index contributed by atoms with van der Waals surface area (Å²) in [7, 11) is 0. The maximum atomic E-state index is 15.7. The van der Waals surface area contributed by atoms with E-state index < -0.39 is 175 Å². The molecule has 0 amide bonds. The number of alkyl halides is 30. The van der Waals surface area contributed by atoms with Crippen molar-refractivity contribution in [3.05, 3.63) is 0 Å². The van der Waals surface area contributed by atoms with Gasteiger partial charge in [-0.1, -0.05) is 0 Å². The Morgan fingerprint density at radius 1 is 0.262 bits per heavy atom. The van der Waals surface area contributed by atoms with Gasteiger partial charge in [-0.3, -0.25) is 0 Å². The van der Waals surface area contributed by atoms with Gasteiger partial charge in [0.25, 0.3) is 0 Å². The van der Waals surface area contributed by atoms with Crippen LogP contribution in [0.3, 0.4) is 0 Å². The van der Waals surface area contributed by atoms with Crippen molar-refractivity contribution in [2.75, 3.05) is 39.6 Å². The van der Waals surface area contributed by atoms with Crippen molar-refractivity contribution in [1.29, 1.82) is 0 Å². The monoisotopic (exact) mass is 1030 g/mol. The van der Waals surface area contributed by atoms with Crippen LogP contribution in [-0.2, 0) is 18.9 Å². The first kappa shape index (κ1) is 52.0. The lowest BCUT2D eigenvalue weighted by Crippen LogP contribution is -3.09. The van der Waals surface area contributed by atoms with Gasteiger partial charge >= 0.3 is 116 Å². The Morgan fingerprint density at radius 2 is 0.431 bits per heavy atom. The van der Waals surface area contributed by atoms with Crippen LogP contribution in [0.1, 0.15) is 6.42 Å². The van der Waals surface area contributed by atoms with E-state index in [9.17, 15) is 116 Å². The molecule has 65 heavy (non-hydrogen) atoms. The van der Waals surface area contributed by atoms with E-state index >= 15 is 26.3 Å². The van der Waals surface area contributed by atoms with Crippen molar-refractivity contribution in [2.45, 2.75) is 135 Å². The zero-order chi connectivity index (χ0) is 50.9. The molecule has 0 spiro atoms.